The van der Waals surface area contributed by atoms with Gasteiger partial charge in [0.2, 0.25) is 0 Å². The van der Waals surface area contributed by atoms with E-state index in [0.717, 1.165) is 44.1 Å². The molecule has 2 amide bonds. The number of carbonyl (C=O) groups excluding carboxylic acids is 1. The first-order valence-corrected chi connectivity index (χ1v) is 7.86. The van der Waals surface area contributed by atoms with Crippen LogP contribution in [0.3, 0.4) is 0 Å². The van der Waals surface area contributed by atoms with Crippen LogP contribution in [-0.2, 0) is 11.3 Å². The Morgan fingerprint density at radius 3 is 2.73 bits per heavy atom. The standard InChI is InChI=1S/C16H24N4O2/c1-16(2)9-13(16)19-15(21)18-11-12-3-4-14(17-10-12)20-5-7-22-8-6-20/h3-4,10,13H,5-9,11H2,1-2H3,(H2,18,19,21). The molecule has 1 unspecified atom stereocenters. The molecule has 22 heavy (non-hydrogen) atoms. The summed E-state index contributed by atoms with van der Waals surface area (Å²) in [4.78, 5) is 18.5. The van der Waals surface area contributed by atoms with E-state index in [-0.39, 0.29) is 11.4 Å². The zero-order chi connectivity index (χ0) is 15.6. The van der Waals surface area contributed by atoms with E-state index in [4.69, 9.17) is 4.74 Å². The summed E-state index contributed by atoms with van der Waals surface area (Å²) in [6.45, 7) is 8.08. The van der Waals surface area contributed by atoms with Gasteiger partial charge in [0, 0.05) is 31.9 Å². The van der Waals surface area contributed by atoms with Gasteiger partial charge in [-0.15, -0.1) is 0 Å². The van der Waals surface area contributed by atoms with E-state index < -0.39 is 0 Å². The number of anilines is 1. The molecule has 2 N–H and O–H groups in total. The maximum Gasteiger partial charge on any atom is 0.315 e. The van der Waals surface area contributed by atoms with Crippen LogP contribution in [-0.4, -0.2) is 43.4 Å². The Bertz CT molecular complexity index is 523. The second-order valence-corrected chi connectivity index (χ2v) is 6.70. The number of hydrogen-bond donors (Lipinski definition) is 2. The topological polar surface area (TPSA) is 66.5 Å². The molecule has 2 aliphatic rings. The molecule has 2 heterocycles. The number of pyridine rings is 1. The van der Waals surface area contributed by atoms with Crippen molar-refractivity contribution in [1.82, 2.24) is 15.6 Å². The lowest BCUT2D eigenvalue weighted by Gasteiger charge is -2.27. The van der Waals surface area contributed by atoms with E-state index in [0.29, 0.717) is 12.6 Å². The van der Waals surface area contributed by atoms with Crippen LogP contribution in [0.1, 0.15) is 25.8 Å². The number of nitrogens with zero attached hydrogens (tertiary/aromatic N) is 2. The van der Waals surface area contributed by atoms with E-state index >= 15 is 0 Å². The molecule has 1 aromatic heterocycles. The number of amides is 2. The molecular weight excluding hydrogens is 280 g/mol. The number of urea groups is 1. The van der Waals surface area contributed by atoms with Gasteiger partial charge in [0.15, 0.2) is 0 Å². The van der Waals surface area contributed by atoms with Gasteiger partial charge in [0.25, 0.3) is 0 Å². The Morgan fingerprint density at radius 2 is 2.14 bits per heavy atom. The highest BCUT2D eigenvalue weighted by Crippen LogP contribution is 2.44. The molecule has 0 radical (unpaired) electrons. The second-order valence-electron chi connectivity index (χ2n) is 6.70. The largest absolute Gasteiger partial charge is 0.378 e. The van der Waals surface area contributed by atoms with Gasteiger partial charge in [-0.3, -0.25) is 0 Å². The van der Waals surface area contributed by atoms with Crippen molar-refractivity contribution in [2.45, 2.75) is 32.9 Å². The Hall–Kier alpha value is -1.82. The predicted octanol–water partition coefficient (Wildman–Crippen LogP) is 1.52. The first-order chi connectivity index (χ1) is 10.5. The highest BCUT2D eigenvalue weighted by Gasteiger charge is 2.46. The average Bonchev–Trinajstić information content (AvgIpc) is 3.13. The van der Waals surface area contributed by atoms with Crippen LogP contribution in [0.25, 0.3) is 0 Å². The van der Waals surface area contributed by atoms with E-state index in [2.05, 4.69) is 34.4 Å². The fourth-order valence-corrected chi connectivity index (χ4v) is 2.61. The maximum atomic E-state index is 11.8. The van der Waals surface area contributed by atoms with Crippen molar-refractivity contribution in [3.05, 3.63) is 23.9 Å². The monoisotopic (exact) mass is 304 g/mol. The summed E-state index contributed by atoms with van der Waals surface area (Å²) in [7, 11) is 0. The number of morpholine rings is 1. The van der Waals surface area contributed by atoms with Gasteiger partial charge in [0.05, 0.1) is 13.2 Å². The molecule has 1 aromatic rings. The number of rotatable bonds is 4. The normalized spacial score (nSPS) is 23.0. The third-order valence-corrected chi connectivity index (χ3v) is 4.42. The third-order valence-electron chi connectivity index (χ3n) is 4.42. The minimum absolute atomic E-state index is 0.104. The van der Waals surface area contributed by atoms with E-state index in [1.807, 2.05) is 18.3 Å². The molecule has 1 saturated heterocycles. The van der Waals surface area contributed by atoms with Gasteiger partial charge in [-0.25, -0.2) is 9.78 Å². The van der Waals surface area contributed by atoms with Gasteiger partial charge >= 0.3 is 6.03 Å². The molecule has 1 aliphatic carbocycles. The quantitative estimate of drug-likeness (QED) is 0.885. The predicted molar refractivity (Wildman–Crippen MR) is 84.8 cm³/mol. The van der Waals surface area contributed by atoms with E-state index in [1.54, 1.807) is 0 Å². The number of hydrogen-bond acceptors (Lipinski definition) is 4. The summed E-state index contributed by atoms with van der Waals surface area (Å²) in [5.41, 5.74) is 1.25. The molecule has 120 valence electrons. The van der Waals surface area contributed by atoms with Crippen LogP contribution in [0.15, 0.2) is 18.3 Å². The molecule has 0 spiro atoms. The molecule has 2 fully saturated rings. The van der Waals surface area contributed by atoms with Crippen molar-refractivity contribution < 1.29 is 9.53 Å². The SMILES string of the molecule is CC1(C)CC1NC(=O)NCc1ccc(N2CCOCC2)nc1. The summed E-state index contributed by atoms with van der Waals surface area (Å²) in [6.07, 6.45) is 2.88. The van der Waals surface area contributed by atoms with Gasteiger partial charge in [-0.1, -0.05) is 19.9 Å². The van der Waals surface area contributed by atoms with Crippen molar-refractivity contribution in [2.24, 2.45) is 5.41 Å². The van der Waals surface area contributed by atoms with E-state index in [9.17, 15) is 4.79 Å². The number of aromatic nitrogens is 1. The fraction of sp³-hybridized carbons (Fsp3) is 0.625. The van der Waals surface area contributed by atoms with Crippen molar-refractivity contribution in [3.63, 3.8) is 0 Å². The summed E-state index contributed by atoms with van der Waals surface area (Å²) in [6, 6.07) is 4.21. The molecule has 6 heteroatoms. The Kier molecular flexibility index (Phi) is 4.20. The molecule has 0 aromatic carbocycles. The first-order valence-electron chi connectivity index (χ1n) is 7.86. The summed E-state index contributed by atoms with van der Waals surface area (Å²) in [5.74, 6) is 0.969. The highest BCUT2D eigenvalue weighted by molar-refractivity contribution is 5.74. The Balaban J connectivity index is 1.45. The van der Waals surface area contributed by atoms with Crippen molar-refractivity contribution >= 4 is 11.8 Å². The smallest absolute Gasteiger partial charge is 0.315 e. The van der Waals surface area contributed by atoms with Crippen molar-refractivity contribution in [1.29, 1.82) is 0 Å². The van der Waals surface area contributed by atoms with Crippen molar-refractivity contribution in [2.75, 3.05) is 31.2 Å². The van der Waals surface area contributed by atoms with Gasteiger partial charge in [0.1, 0.15) is 5.82 Å². The van der Waals surface area contributed by atoms with Gasteiger partial charge in [-0.2, -0.15) is 0 Å². The molecular formula is C16H24N4O2. The maximum absolute atomic E-state index is 11.8. The van der Waals surface area contributed by atoms with Gasteiger partial charge in [-0.05, 0) is 23.5 Å². The number of nitrogens with one attached hydrogen (secondary N) is 2. The van der Waals surface area contributed by atoms with Crippen molar-refractivity contribution in [3.8, 4) is 0 Å². The van der Waals surface area contributed by atoms with E-state index in [1.165, 1.54) is 0 Å². The van der Waals surface area contributed by atoms with Crippen LogP contribution < -0.4 is 15.5 Å². The highest BCUT2D eigenvalue weighted by atomic mass is 16.5. The molecule has 0 bridgehead atoms. The van der Waals surface area contributed by atoms with Gasteiger partial charge < -0.3 is 20.3 Å². The van der Waals surface area contributed by atoms with Crippen LogP contribution >= 0.6 is 0 Å². The fourth-order valence-electron chi connectivity index (χ4n) is 2.61. The van der Waals surface area contributed by atoms with Crippen LogP contribution in [0, 0.1) is 5.41 Å². The molecule has 1 aliphatic heterocycles. The summed E-state index contributed by atoms with van der Waals surface area (Å²) < 4.78 is 5.34. The Labute approximate surface area is 131 Å². The lowest BCUT2D eigenvalue weighted by Crippen LogP contribution is -2.38. The number of ether oxygens (including phenoxy) is 1. The number of carbonyl (C=O) groups is 1. The average molecular weight is 304 g/mol. The molecule has 1 saturated carbocycles. The van der Waals surface area contributed by atoms with Crippen LogP contribution in [0.4, 0.5) is 10.6 Å². The first kappa shape index (κ1) is 15.1. The minimum atomic E-state index is -0.104. The Morgan fingerprint density at radius 1 is 1.41 bits per heavy atom. The van der Waals surface area contributed by atoms with Crippen LogP contribution in [0.5, 0.6) is 0 Å². The zero-order valence-electron chi connectivity index (χ0n) is 13.3. The molecule has 3 rings (SSSR count). The van der Waals surface area contributed by atoms with Crippen LogP contribution in [0.2, 0.25) is 0 Å². The lowest BCUT2D eigenvalue weighted by atomic mass is 10.2. The molecule has 6 nitrogen and oxygen atoms in total. The second kappa shape index (κ2) is 6.12. The molecule has 1 atom stereocenters. The summed E-state index contributed by atoms with van der Waals surface area (Å²) in [5, 5.41) is 5.87. The lowest BCUT2D eigenvalue weighted by molar-refractivity contribution is 0.122. The summed E-state index contributed by atoms with van der Waals surface area (Å²) >= 11 is 0. The minimum Gasteiger partial charge on any atom is -0.378 e. The third kappa shape index (κ3) is 3.68. The zero-order valence-corrected chi connectivity index (χ0v) is 13.3.